The van der Waals surface area contributed by atoms with Crippen LogP contribution >= 0.6 is 0 Å². The fraction of sp³-hybridized carbons (Fsp3) is 0.500. The molecule has 2 rings (SSSR count). The summed E-state index contributed by atoms with van der Waals surface area (Å²) in [6.07, 6.45) is 0. The highest BCUT2D eigenvalue weighted by atomic mass is 19.3. The van der Waals surface area contributed by atoms with Crippen molar-refractivity contribution >= 4 is 0 Å². The Morgan fingerprint density at radius 3 is 2.60 bits per heavy atom. The monoisotopic (exact) mass is 212 g/mol. The topological polar surface area (TPSA) is 9.23 Å². The molecule has 1 aromatic rings. The second-order valence-corrected chi connectivity index (χ2v) is 4.32. The third-order valence-electron chi connectivity index (χ3n) is 2.78. The van der Waals surface area contributed by atoms with E-state index < -0.39 is 12.5 Å². The molecule has 1 heterocycles. The summed E-state index contributed by atoms with van der Waals surface area (Å²) in [5.74, 6) is -2.23. The SMILES string of the molecule is Cc1ccc(C(C)C)c2c1C(F)(F)CO2. The lowest BCUT2D eigenvalue weighted by atomic mass is 9.95. The third-order valence-corrected chi connectivity index (χ3v) is 2.78. The van der Waals surface area contributed by atoms with Crippen LogP contribution < -0.4 is 4.74 Å². The Morgan fingerprint density at radius 2 is 2.00 bits per heavy atom. The average Bonchev–Trinajstić information content (AvgIpc) is 2.43. The van der Waals surface area contributed by atoms with Gasteiger partial charge in [0.15, 0.2) is 6.61 Å². The molecule has 0 spiro atoms. The van der Waals surface area contributed by atoms with E-state index in [1.165, 1.54) is 0 Å². The van der Waals surface area contributed by atoms with Crippen molar-refractivity contribution in [3.05, 3.63) is 28.8 Å². The molecule has 1 aliphatic heterocycles. The normalized spacial score (nSPS) is 17.7. The smallest absolute Gasteiger partial charge is 0.310 e. The van der Waals surface area contributed by atoms with Crippen molar-refractivity contribution in [3.8, 4) is 5.75 Å². The zero-order valence-electron chi connectivity index (χ0n) is 9.10. The number of ether oxygens (including phenoxy) is 1. The molecule has 1 nitrogen and oxygen atoms in total. The lowest BCUT2D eigenvalue weighted by molar-refractivity contribution is -0.0218. The largest absolute Gasteiger partial charge is 0.486 e. The molecular formula is C12H14F2O. The van der Waals surface area contributed by atoms with Gasteiger partial charge in [0.25, 0.3) is 0 Å². The first-order valence-corrected chi connectivity index (χ1v) is 5.08. The maximum atomic E-state index is 13.5. The minimum Gasteiger partial charge on any atom is -0.486 e. The van der Waals surface area contributed by atoms with Crippen LogP contribution in [0.15, 0.2) is 12.1 Å². The van der Waals surface area contributed by atoms with E-state index in [1.807, 2.05) is 19.9 Å². The van der Waals surface area contributed by atoms with E-state index in [-0.39, 0.29) is 11.5 Å². The van der Waals surface area contributed by atoms with E-state index in [2.05, 4.69) is 0 Å². The van der Waals surface area contributed by atoms with Crippen LogP contribution in [0.2, 0.25) is 0 Å². The van der Waals surface area contributed by atoms with Crippen LogP contribution in [-0.2, 0) is 5.92 Å². The molecule has 0 unspecified atom stereocenters. The second-order valence-electron chi connectivity index (χ2n) is 4.32. The molecule has 82 valence electrons. The van der Waals surface area contributed by atoms with Gasteiger partial charge in [-0.2, -0.15) is 8.78 Å². The highest BCUT2D eigenvalue weighted by Gasteiger charge is 2.43. The number of halogens is 2. The maximum absolute atomic E-state index is 13.5. The van der Waals surface area contributed by atoms with Gasteiger partial charge in [0.2, 0.25) is 0 Å². The molecule has 0 aliphatic carbocycles. The van der Waals surface area contributed by atoms with Crippen LogP contribution in [-0.4, -0.2) is 6.61 Å². The Hall–Kier alpha value is -1.12. The summed E-state index contributed by atoms with van der Waals surface area (Å²) in [5, 5.41) is 0. The van der Waals surface area contributed by atoms with Gasteiger partial charge in [-0.25, -0.2) is 0 Å². The number of alkyl halides is 2. The lowest BCUT2D eigenvalue weighted by Crippen LogP contribution is -2.15. The first-order chi connectivity index (χ1) is 6.93. The summed E-state index contributed by atoms with van der Waals surface area (Å²) in [5.41, 5.74) is 1.55. The van der Waals surface area contributed by atoms with Crippen molar-refractivity contribution in [1.82, 2.24) is 0 Å². The first kappa shape index (κ1) is 10.4. The fourth-order valence-electron chi connectivity index (χ4n) is 2.00. The minimum atomic E-state index is -2.83. The van der Waals surface area contributed by atoms with E-state index in [4.69, 9.17) is 4.74 Å². The van der Waals surface area contributed by atoms with Gasteiger partial charge in [-0.3, -0.25) is 0 Å². The summed E-state index contributed by atoms with van der Waals surface area (Å²) < 4.78 is 32.2. The second kappa shape index (κ2) is 3.19. The number of fused-ring (bicyclic) bond motifs is 1. The molecule has 0 N–H and O–H groups in total. The van der Waals surface area contributed by atoms with E-state index in [9.17, 15) is 8.78 Å². The van der Waals surface area contributed by atoms with Gasteiger partial charge in [0.05, 0.1) is 5.56 Å². The Kier molecular flexibility index (Phi) is 2.21. The average molecular weight is 212 g/mol. The Morgan fingerprint density at radius 1 is 1.33 bits per heavy atom. The minimum absolute atomic E-state index is 0.0775. The molecule has 0 aromatic heterocycles. The van der Waals surface area contributed by atoms with E-state index in [0.717, 1.165) is 5.56 Å². The van der Waals surface area contributed by atoms with Gasteiger partial charge >= 0.3 is 5.92 Å². The van der Waals surface area contributed by atoms with Crippen LogP contribution in [0.4, 0.5) is 8.78 Å². The highest BCUT2D eigenvalue weighted by Crippen LogP contribution is 2.46. The Balaban J connectivity index is 2.65. The molecule has 0 radical (unpaired) electrons. The molecule has 1 aliphatic rings. The molecule has 0 bridgehead atoms. The van der Waals surface area contributed by atoms with Gasteiger partial charge in [0.1, 0.15) is 5.75 Å². The van der Waals surface area contributed by atoms with E-state index in [1.54, 1.807) is 13.0 Å². The summed E-state index contributed by atoms with van der Waals surface area (Å²) in [7, 11) is 0. The molecule has 0 saturated heterocycles. The van der Waals surface area contributed by atoms with Gasteiger partial charge < -0.3 is 4.74 Å². The molecule has 0 atom stereocenters. The number of aryl methyl sites for hydroxylation is 1. The molecule has 0 amide bonds. The van der Waals surface area contributed by atoms with E-state index >= 15 is 0 Å². The summed E-state index contributed by atoms with van der Waals surface area (Å²) in [6, 6.07) is 3.62. The number of hydrogen-bond donors (Lipinski definition) is 0. The van der Waals surface area contributed by atoms with Crippen LogP contribution in [0.25, 0.3) is 0 Å². The van der Waals surface area contributed by atoms with Crippen LogP contribution in [0, 0.1) is 6.92 Å². The summed E-state index contributed by atoms with van der Waals surface area (Å²) in [6.45, 7) is 5.13. The third kappa shape index (κ3) is 1.50. The van der Waals surface area contributed by atoms with Crippen molar-refractivity contribution in [2.45, 2.75) is 32.6 Å². The predicted octanol–water partition coefficient (Wildman–Crippen LogP) is 3.60. The zero-order chi connectivity index (χ0) is 11.2. The van der Waals surface area contributed by atoms with Crippen molar-refractivity contribution in [3.63, 3.8) is 0 Å². The van der Waals surface area contributed by atoms with Crippen molar-refractivity contribution in [2.75, 3.05) is 6.61 Å². The standard InChI is InChI=1S/C12H14F2O/c1-7(2)9-5-4-8(3)10-11(9)15-6-12(10,13)14/h4-5,7H,6H2,1-3H3. The van der Waals surface area contributed by atoms with Crippen molar-refractivity contribution in [1.29, 1.82) is 0 Å². The zero-order valence-corrected chi connectivity index (χ0v) is 9.10. The predicted molar refractivity (Wildman–Crippen MR) is 54.7 cm³/mol. The van der Waals surface area contributed by atoms with Crippen LogP contribution in [0.3, 0.4) is 0 Å². The quantitative estimate of drug-likeness (QED) is 0.691. The Labute approximate surface area is 88.1 Å². The van der Waals surface area contributed by atoms with Gasteiger partial charge in [-0.15, -0.1) is 0 Å². The highest BCUT2D eigenvalue weighted by molar-refractivity contribution is 5.52. The molecule has 1 aromatic carbocycles. The van der Waals surface area contributed by atoms with Gasteiger partial charge in [-0.1, -0.05) is 26.0 Å². The molecule has 15 heavy (non-hydrogen) atoms. The Bertz CT molecular complexity index is 397. The first-order valence-electron chi connectivity index (χ1n) is 5.08. The number of benzene rings is 1. The lowest BCUT2D eigenvalue weighted by Gasteiger charge is -2.13. The van der Waals surface area contributed by atoms with Crippen LogP contribution in [0.1, 0.15) is 36.5 Å². The molecular weight excluding hydrogens is 198 g/mol. The van der Waals surface area contributed by atoms with Gasteiger partial charge in [0, 0.05) is 0 Å². The molecule has 0 fully saturated rings. The summed E-state index contributed by atoms with van der Waals surface area (Å²) >= 11 is 0. The fourth-order valence-corrected chi connectivity index (χ4v) is 2.00. The summed E-state index contributed by atoms with van der Waals surface area (Å²) in [4.78, 5) is 0. The van der Waals surface area contributed by atoms with E-state index in [0.29, 0.717) is 11.3 Å². The maximum Gasteiger partial charge on any atom is 0.310 e. The molecule has 0 saturated carbocycles. The number of hydrogen-bond acceptors (Lipinski definition) is 1. The van der Waals surface area contributed by atoms with Crippen molar-refractivity contribution < 1.29 is 13.5 Å². The number of rotatable bonds is 1. The van der Waals surface area contributed by atoms with Gasteiger partial charge in [-0.05, 0) is 24.0 Å². The van der Waals surface area contributed by atoms with Crippen molar-refractivity contribution in [2.24, 2.45) is 0 Å². The molecule has 3 heteroatoms. The van der Waals surface area contributed by atoms with Crippen LogP contribution in [0.5, 0.6) is 5.75 Å².